The van der Waals surface area contributed by atoms with Gasteiger partial charge < -0.3 is 24.1 Å². The minimum Gasteiger partial charge on any atom is -0.493 e. The molecule has 156 valence electrons. The van der Waals surface area contributed by atoms with E-state index in [1.165, 1.54) is 39.2 Å². The van der Waals surface area contributed by atoms with Gasteiger partial charge in [0, 0.05) is 19.4 Å². The number of hydrogen-bond acceptors (Lipinski definition) is 7. The average molecular weight is 412 g/mol. The fourth-order valence-electron chi connectivity index (χ4n) is 2.84. The van der Waals surface area contributed by atoms with Crippen molar-refractivity contribution in [2.24, 2.45) is 0 Å². The second-order valence-corrected chi connectivity index (χ2v) is 6.89. The third kappa shape index (κ3) is 4.60. The first-order chi connectivity index (χ1) is 14.2. The van der Waals surface area contributed by atoms with Gasteiger partial charge in [0.15, 0.2) is 11.5 Å². The molecule has 1 fully saturated rings. The van der Waals surface area contributed by atoms with E-state index in [2.05, 4.69) is 0 Å². The fraction of sp³-hybridized carbons (Fsp3) is 0.227. The summed E-state index contributed by atoms with van der Waals surface area (Å²) in [5.41, 5.74) is 0.548. The van der Waals surface area contributed by atoms with Crippen LogP contribution in [0.1, 0.15) is 31.1 Å². The maximum atomic E-state index is 12.2. The van der Waals surface area contributed by atoms with Gasteiger partial charge in [-0.05, 0) is 23.8 Å². The molecule has 3 rings (SSSR count). The van der Waals surface area contributed by atoms with Crippen molar-refractivity contribution in [2.45, 2.75) is 25.7 Å². The lowest BCUT2D eigenvalue weighted by atomic mass is 10.1. The van der Waals surface area contributed by atoms with Crippen molar-refractivity contribution in [1.82, 2.24) is 0 Å². The molecule has 0 saturated carbocycles. The summed E-state index contributed by atoms with van der Waals surface area (Å²) < 4.78 is 21.1. The van der Waals surface area contributed by atoms with Crippen molar-refractivity contribution in [2.75, 3.05) is 7.11 Å². The van der Waals surface area contributed by atoms with Crippen LogP contribution in [0.2, 0.25) is 0 Å². The quantitative estimate of drug-likeness (QED) is 0.438. The van der Waals surface area contributed by atoms with E-state index in [9.17, 15) is 19.5 Å². The molecule has 1 saturated heterocycles. The van der Waals surface area contributed by atoms with Crippen LogP contribution in [-0.2, 0) is 23.9 Å². The monoisotopic (exact) mass is 412 g/mol. The predicted octanol–water partition coefficient (Wildman–Crippen LogP) is 3.12. The van der Waals surface area contributed by atoms with Gasteiger partial charge in [0.1, 0.15) is 5.57 Å². The molecular weight excluding hydrogens is 392 g/mol. The fourth-order valence-corrected chi connectivity index (χ4v) is 2.84. The lowest BCUT2D eigenvalue weighted by Crippen LogP contribution is -2.41. The number of carbonyl (C=O) groups is 3. The van der Waals surface area contributed by atoms with Crippen molar-refractivity contribution in [3.63, 3.8) is 0 Å². The van der Waals surface area contributed by atoms with Gasteiger partial charge in [0.2, 0.25) is 6.10 Å². The van der Waals surface area contributed by atoms with Crippen molar-refractivity contribution in [3.05, 3.63) is 65.2 Å². The minimum absolute atomic E-state index is 0.126. The Hall–Kier alpha value is -3.81. The number of carboxylic acids is 1. The van der Waals surface area contributed by atoms with Gasteiger partial charge in [-0.3, -0.25) is 0 Å². The number of carboxylic acid groups (broad SMARTS) is 1. The van der Waals surface area contributed by atoms with Crippen LogP contribution in [0.3, 0.4) is 0 Å². The van der Waals surface area contributed by atoms with Crippen LogP contribution in [0.4, 0.5) is 0 Å². The first-order valence-corrected chi connectivity index (χ1v) is 9.01. The molecule has 8 nitrogen and oxygen atoms in total. The van der Waals surface area contributed by atoms with E-state index in [1.54, 1.807) is 36.4 Å². The minimum atomic E-state index is -1.34. The number of aliphatic carboxylic acids is 1. The molecule has 1 unspecified atom stereocenters. The molecule has 0 aliphatic carbocycles. The van der Waals surface area contributed by atoms with Crippen LogP contribution < -0.4 is 9.47 Å². The highest BCUT2D eigenvalue weighted by Crippen LogP contribution is 2.34. The van der Waals surface area contributed by atoms with E-state index in [0.29, 0.717) is 11.1 Å². The van der Waals surface area contributed by atoms with Crippen molar-refractivity contribution < 1.29 is 38.4 Å². The van der Waals surface area contributed by atoms with Crippen LogP contribution in [0.25, 0.3) is 6.08 Å². The van der Waals surface area contributed by atoms with Gasteiger partial charge in [-0.25, -0.2) is 14.4 Å². The Labute approximate surface area is 172 Å². The summed E-state index contributed by atoms with van der Waals surface area (Å²) in [6.45, 7) is 2.91. The standard InChI is InChI=1S/C22H20O8/c1-22(2)29-20(25)15(21(26)30-22)11-13-9-10-16(27-3)17(12-13)28-18(19(23)24)14-7-5-4-6-8-14/h4-12,18H,1-3H3,(H,23,24). The van der Waals surface area contributed by atoms with Gasteiger partial charge >= 0.3 is 17.9 Å². The van der Waals surface area contributed by atoms with Crippen LogP contribution in [-0.4, -0.2) is 35.9 Å². The van der Waals surface area contributed by atoms with E-state index in [1.807, 2.05) is 0 Å². The number of cyclic esters (lactones) is 2. The van der Waals surface area contributed by atoms with E-state index >= 15 is 0 Å². The highest BCUT2D eigenvalue weighted by molar-refractivity contribution is 6.18. The maximum absolute atomic E-state index is 12.2. The molecule has 8 heteroatoms. The van der Waals surface area contributed by atoms with Crippen LogP contribution >= 0.6 is 0 Å². The summed E-state index contributed by atoms with van der Waals surface area (Å²) in [5.74, 6) is -3.75. The molecule has 0 amide bonds. The largest absolute Gasteiger partial charge is 0.493 e. The Morgan fingerprint density at radius 3 is 2.23 bits per heavy atom. The van der Waals surface area contributed by atoms with Gasteiger partial charge in [-0.15, -0.1) is 0 Å². The van der Waals surface area contributed by atoms with Gasteiger partial charge in [-0.1, -0.05) is 36.4 Å². The topological polar surface area (TPSA) is 108 Å². The summed E-state index contributed by atoms with van der Waals surface area (Å²) in [4.78, 5) is 36.1. The molecule has 30 heavy (non-hydrogen) atoms. The first kappa shape index (κ1) is 20.9. The molecule has 1 N–H and O–H groups in total. The van der Waals surface area contributed by atoms with Crippen molar-refractivity contribution in [1.29, 1.82) is 0 Å². The van der Waals surface area contributed by atoms with Crippen LogP contribution in [0, 0.1) is 0 Å². The molecular formula is C22H20O8. The summed E-state index contributed by atoms with van der Waals surface area (Å²) in [6.07, 6.45) is -0.00164. The zero-order valence-electron chi connectivity index (χ0n) is 16.6. The molecule has 1 aliphatic heterocycles. The van der Waals surface area contributed by atoms with Gasteiger partial charge in [0.25, 0.3) is 5.79 Å². The van der Waals surface area contributed by atoms with Crippen molar-refractivity contribution in [3.8, 4) is 11.5 Å². The highest BCUT2D eigenvalue weighted by atomic mass is 16.7. The Balaban J connectivity index is 1.95. The molecule has 0 aromatic heterocycles. The summed E-state index contributed by atoms with van der Waals surface area (Å²) in [7, 11) is 1.41. The lowest BCUT2D eigenvalue weighted by molar-refractivity contribution is -0.222. The Bertz CT molecular complexity index is 985. The number of carbonyl (C=O) groups excluding carboxylic acids is 2. The van der Waals surface area contributed by atoms with Gasteiger partial charge in [0.05, 0.1) is 7.11 Å². The third-order valence-electron chi connectivity index (χ3n) is 4.19. The number of ether oxygens (including phenoxy) is 4. The Morgan fingerprint density at radius 2 is 1.67 bits per heavy atom. The summed E-state index contributed by atoms with van der Waals surface area (Å²) in [6, 6.07) is 13.0. The zero-order chi connectivity index (χ0) is 21.9. The van der Waals surface area contributed by atoms with Crippen molar-refractivity contribution >= 4 is 24.0 Å². The summed E-state index contributed by atoms with van der Waals surface area (Å²) >= 11 is 0. The van der Waals surface area contributed by atoms with E-state index in [0.717, 1.165) is 0 Å². The van der Waals surface area contributed by atoms with E-state index in [-0.39, 0.29) is 17.1 Å². The second-order valence-electron chi connectivity index (χ2n) is 6.89. The number of hydrogen-bond donors (Lipinski definition) is 1. The Kier molecular flexibility index (Phi) is 5.77. The molecule has 1 atom stereocenters. The molecule has 1 heterocycles. The predicted molar refractivity (Wildman–Crippen MR) is 105 cm³/mol. The number of esters is 2. The molecule has 2 aromatic rings. The summed E-state index contributed by atoms with van der Waals surface area (Å²) in [5, 5.41) is 9.60. The third-order valence-corrected chi connectivity index (χ3v) is 4.19. The maximum Gasteiger partial charge on any atom is 0.349 e. The first-order valence-electron chi connectivity index (χ1n) is 9.01. The van der Waals surface area contributed by atoms with Crippen LogP contribution in [0.5, 0.6) is 11.5 Å². The normalized spacial score (nSPS) is 16.2. The average Bonchev–Trinajstić information content (AvgIpc) is 2.68. The number of methoxy groups -OCH3 is 1. The molecule has 0 bridgehead atoms. The van der Waals surface area contributed by atoms with E-state index in [4.69, 9.17) is 18.9 Å². The molecule has 0 radical (unpaired) electrons. The van der Waals surface area contributed by atoms with Crippen LogP contribution in [0.15, 0.2) is 54.1 Å². The zero-order valence-corrected chi connectivity index (χ0v) is 16.6. The smallest absolute Gasteiger partial charge is 0.349 e. The number of benzene rings is 2. The molecule has 1 aliphatic rings. The highest BCUT2D eigenvalue weighted by Gasteiger charge is 2.38. The molecule has 2 aromatic carbocycles. The second kappa shape index (κ2) is 8.28. The molecule has 0 spiro atoms. The lowest BCUT2D eigenvalue weighted by Gasteiger charge is -2.29. The van der Waals surface area contributed by atoms with E-state index < -0.39 is 29.8 Å². The van der Waals surface area contributed by atoms with Gasteiger partial charge in [-0.2, -0.15) is 0 Å². The SMILES string of the molecule is COc1ccc(C=C2C(=O)OC(C)(C)OC2=O)cc1OC(C(=O)O)c1ccccc1. The number of rotatable bonds is 6. The Morgan fingerprint density at radius 1 is 1.03 bits per heavy atom.